The van der Waals surface area contributed by atoms with Crippen molar-refractivity contribution in [3.8, 4) is 5.75 Å². The van der Waals surface area contributed by atoms with Crippen molar-refractivity contribution in [1.82, 2.24) is 5.32 Å². The van der Waals surface area contributed by atoms with Crippen LogP contribution in [0, 0.1) is 12.8 Å². The summed E-state index contributed by atoms with van der Waals surface area (Å²) in [6.45, 7) is 5.71. The van der Waals surface area contributed by atoms with Crippen molar-refractivity contribution in [2.75, 3.05) is 12.4 Å². The van der Waals surface area contributed by atoms with E-state index in [4.69, 9.17) is 4.74 Å². The van der Waals surface area contributed by atoms with E-state index in [2.05, 4.69) is 26.6 Å². The Morgan fingerprint density at radius 3 is 2.31 bits per heavy atom. The largest absolute Gasteiger partial charge is 0.495 e. The van der Waals surface area contributed by atoms with E-state index in [1.165, 1.54) is 0 Å². The Labute approximate surface area is 162 Å². The third kappa shape index (κ3) is 5.08. The first-order valence-corrected chi connectivity index (χ1v) is 9.13. The maximum Gasteiger partial charge on any atom is 0.251 e. The number of carbonyl (C=O) groups excluding carboxylic acids is 2. The molecule has 2 aromatic rings. The molecule has 2 amide bonds. The zero-order chi connectivity index (χ0) is 19.3. The Morgan fingerprint density at radius 1 is 1.08 bits per heavy atom. The number of anilines is 1. The number of hydrogen-bond donors (Lipinski definition) is 2. The normalized spacial score (nSPS) is 11.8. The minimum absolute atomic E-state index is 0.0785. The lowest BCUT2D eigenvalue weighted by Crippen LogP contribution is -2.47. The Morgan fingerprint density at radius 2 is 1.73 bits per heavy atom. The third-order valence-corrected chi connectivity index (χ3v) is 4.48. The summed E-state index contributed by atoms with van der Waals surface area (Å²) in [6, 6.07) is 11.9. The van der Waals surface area contributed by atoms with Crippen molar-refractivity contribution in [2.45, 2.75) is 26.8 Å². The molecule has 0 saturated heterocycles. The lowest BCUT2D eigenvalue weighted by atomic mass is 10.0. The first-order valence-electron chi connectivity index (χ1n) is 8.33. The molecule has 0 radical (unpaired) electrons. The van der Waals surface area contributed by atoms with Crippen molar-refractivity contribution < 1.29 is 14.3 Å². The van der Waals surface area contributed by atoms with E-state index in [1.807, 2.05) is 32.9 Å². The highest BCUT2D eigenvalue weighted by atomic mass is 79.9. The summed E-state index contributed by atoms with van der Waals surface area (Å²) in [4.78, 5) is 25.2. The Balaban J connectivity index is 2.16. The van der Waals surface area contributed by atoms with Crippen molar-refractivity contribution in [3.63, 3.8) is 0 Å². The van der Waals surface area contributed by atoms with E-state index in [9.17, 15) is 9.59 Å². The molecule has 5 nitrogen and oxygen atoms in total. The Bertz CT molecular complexity index is 788. The van der Waals surface area contributed by atoms with Crippen LogP contribution in [-0.4, -0.2) is 25.0 Å². The van der Waals surface area contributed by atoms with Crippen LogP contribution in [0.4, 0.5) is 5.69 Å². The van der Waals surface area contributed by atoms with Gasteiger partial charge in [0, 0.05) is 10.0 Å². The topological polar surface area (TPSA) is 67.4 Å². The minimum Gasteiger partial charge on any atom is -0.495 e. The van der Waals surface area contributed by atoms with Gasteiger partial charge < -0.3 is 15.4 Å². The molecule has 0 aliphatic heterocycles. The predicted molar refractivity (Wildman–Crippen MR) is 107 cm³/mol. The zero-order valence-corrected chi connectivity index (χ0v) is 16.9. The van der Waals surface area contributed by atoms with Crippen LogP contribution >= 0.6 is 15.9 Å². The number of halogens is 1. The number of hydrogen-bond acceptors (Lipinski definition) is 3. The fourth-order valence-corrected chi connectivity index (χ4v) is 2.76. The quantitative estimate of drug-likeness (QED) is 0.739. The summed E-state index contributed by atoms with van der Waals surface area (Å²) in [7, 11) is 1.55. The van der Waals surface area contributed by atoms with Crippen molar-refractivity contribution in [3.05, 3.63) is 58.1 Å². The van der Waals surface area contributed by atoms with Gasteiger partial charge in [-0.2, -0.15) is 0 Å². The second kappa shape index (κ2) is 8.85. The maximum absolute atomic E-state index is 12.8. The molecule has 0 bridgehead atoms. The van der Waals surface area contributed by atoms with Crippen LogP contribution in [0.1, 0.15) is 29.8 Å². The summed E-state index contributed by atoms with van der Waals surface area (Å²) in [5, 5.41) is 5.68. The van der Waals surface area contributed by atoms with Gasteiger partial charge in [-0.25, -0.2) is 0 Å². The molecule has 0 aliphatic rings. The van der Waals surface area contributed by atoms with E-state index < -0.39 is 6.04 Å². The molecular weight excluding hydrogens is 396 g/mol. The molecule has 2 rings (SSSR count). The Hall–Kier alpha value is -2.34. The molecule has 26 heavy (non-hydrogen) atoms. The average molecular weight is 419 g/mol. The van der Waals surface area contributed by atoms with Gasteiger partial charge >= 0.3 is 0 Å². The molecule has 2 aromatic carbocycles. The van der Waals surface area contributed by atoms with E-state index in [-0.39, 0.29) is 17.7 Å². The van der Waals surface area contributed by atoms with Crippen molar-refractivity contribution in [2.24, 2.45) is 5.92 Å². The van der Waals surface area contributed by atoms with E-state index in [1.54, 1.807) is 37.4 Å². The zero-order valence-electron chi connectivity index (χ0n) is 15.3. The molecule has 6 heteroatoms. The summed E-state index contributed by atoms with van der Waals surface area (Å²) < 4.78 is 6.18. The SMILES string of the molecule is COc1ccc(C)cc1NC(=O)[C@@H](NC(=O)c1ccc(Br)cc1)C(C)C. The van der Waals surface area contributed by atoms with Gasteiger partial charge in [0.2, 0.25) is 5.91 Å². The van der Waals surface area contributed by atoms with Crippen LogP contribution in [0.2, 0.25) is 0 Å². The minimum atomic E-state index is -0.670. The van der Waals surface area contributed by atoms with Gasteiger partial charge in [0.1, 0.15) is 11.8 Å². The van der Waals surface area contributed by atoms with Gasteiger partial charge in [-0.3, -0.25) is 9.59 Å². The number of aryl methyl sites for hydroxylation is 1. The molecule has 0 heterocycles. The average Bonchev–Trinajstić information content (AvgIpc) is 2.59. The summed E-state index contributed by atoms with van der Waals surface area (Å²) in [6.07, 6.45) is 0. The molecule has 138 valence electrons. The van der Waals surface area contributed by atoms with E-state index in [0.29, 0.717) is 17.0 Å². The number of benzene rings is 2. The molecule has 0 aromatic heterocycles. The molecular formula is C20H23BrN2O3. The number of amides is 2. The fraction of sp³-hybridized carbons (Fsp3) is 0.300. The van der Waals surface area contributed by atoms with Crippen LogP contribution in [-0.2, 0) is 4.79 Å². The molecule has 2 N–H and O–H groups in total. The first-order chi connectivity index (χ1) is 12.3. The third-order valence-electron chi connectivity index (χ3n) is 3.95. The molecule has 0 saturated carbocycles. The van der Waals surface area contributed by atoms with Crippen LogP contribution in [0.15, 0.2) is 46.9 Å². The van der Waals surface area contributed by atoms with Gasteiger partial charge in [-0.1, -0.05) is 35.8 Å². The highest BCUT2D eigenvalue weighted by Crippen LogP contribution is 2.25. The highest BCUT2D eigenvalue weighted by Gasteiger charge is 2.25. The van der Waals surface area contributed by atoms with E-state index in [0.717, 1.165) is 10.0 Å². The standard InChI is InChI=1S/C20H23BrN2O3/c1-12(2)18(23-19(24)14-6-8-15(21)9-7-14)20(25)22-16-11-13(3)5-10-17(16)26-4/h5-12,18H,1-4H3,(H,22,25)(H,23,24)/t18-/m0/s1. The summed E-state index contributed by atoms with van der Waals surface area (Å²) >= 11 is 3.34. The Kier molecular flexibility index (Phi) is 6.80. The lowest BCUT2D eigenvalue weighted by Gasteiger charge is -2.22. The molecule has 0 aliphatic carbocycles. The van der Waals surface area contributed by atoms with E-state index >= 15 is 0 Å². The van der Waals surface area contributed by atoms with Gasteiger partial charge in [-0.05, 0) is 54.8 Å². The van der Waals surface area contributed by atoms with Gasteiger partial charge in [0.15, 0.2) is 0 Å². The maximum atomic E-state index is 12.8. The van der Waals surface area contributed by atoms with Crippen LogP contribution in [0.25, 0.3) is 0 Å². The van der Waals surface area contributed by atoms with Gasteiger partial charge in [-0.15, -0.1) is 0 Å². The molecule has 0 fully saturated rings. The van der Waals surface area contributed by atoms with Crippen molar-refractivity contribution >= 4 is 33.4 Å². The smallest absolute Gasteiger partial charge is 0.251 e. The van der Waals surface area contributed by atoms with Crippen molar-refractivity contribution in [1.29, 1.82) is 0 Å². The second-order valence-electron chi connectivity index (χ2n) is 6.40. The number of ether oxygens (including phenoxy) is 1. The first kappa shape index (κ1) is 20.0. The predicted octanol–water partition coefficient (Wildman–Crippen LogP) is 4.16. The van der Waals surface area contributed by atoms with Gasteiger partial charge in [0.05, 0.1) is 12.8 Å². The lowest BCUT2D eigenvalue weighted by molar-refractivity contribution is -0.118. The van der Waals surface area contributed by atoms with Gasteiger partial charge in [0.25, 0.3) is 5.91 Å². The number of methoxy groups -OCH3 is 1. The molecule has 0 unspecified atom stereocenters. The summed E-state index contributed by atoms with van der Waals surface area (Å²) in [5.74, 6) is -0.0761. The summed E-state index contributed by atoms with van der Waals surface area (Å²) in [5.41, 5.74) is 2.09. The number of carbonyl (C=O) groups is 2. The molecule has 1 atom stereocenters. The monoisotopic (exact) mass is 418 g/mol. The fourth-order valence-electron chi connectivity index (χ4n) is 2.49. The second-order valence-corrected chi connectivity index (χ2v) is 7.31. The number of rotatable bonds is 6. The number of nitrogens with one attached hydrogen (secondary N) is 2. The van der Waals surface area contributed by atoms with Crippen LogP contribution < -0.4 is 15.4 Å². The van der Waals surface area contributed by atoms with Crippen LogP contribution in [0.3, 0.4) is 0 Å². The molecule has 0 spiro atoms. The highest BCUT2D eigenvalue weighted by molar-refractivity contribution is 9.10. The van der Waals surface area contributed by atoms with Crippen LogP contribution in [0.5, 0.6) is 5.75 Å².